The van der Waals surface area contributed by atoms with Crippen LogP contribution in [0.25, 0.3) is 0 Å². The lowest BCUT2D eigenvalue weighted by Gasteiger charge is -2.36. The Balaban J connectivity index is 1.72. The van der Waals surface area contributed by atoms with Crippen molar-refractivity contribution in [1.29, 1.82) is 0 Å². The van der Waals surface area contributed by atoms with Crippen molar-refractivity contribution < 1.29 is 9.84 Å². The number of hydrogen-bond acceptors (Lipinski definition) is 5. The molecule has 0 atom stereocenters. The lowest BCUT2D eigenvalue weighted by Crippen LogP contribution is -2.47. The molecule has 7 heteroatoms. The summed E-state index contributed by atoms with van der Waals surface area (Å²) < 4.78 is 5.26. The minimum atomic E-state index is 0.0979. The van der Waals surface area contributed by atoms with E-state index >= 15 is 0 Å². The molecule has 1 aromatic rings. The van der Waals surface area contributed by atoms with E-state index in [4.69, 9.17) is 9.73 Å². The first kappa shape index (κ1) is 26.3. The van der Waals surface area contributed by atoms with Crippen molar-refractivity contribution >= 4 is 11.6 Å². The number of nitrogens with one attached hydrogen (secondary N) is 2. The molecule has 0 saturated carbocycles. The number of rotatable bonds is 13. The second kappa shape index (κ2) is 14.2. The van der Waals surface area contributed by atoms with Crippen molar-refractivity contribution in [2.45, 2.75) is 46.5 Å². The molecule has 1 aliphatic rings. The fourth-order valence-corrected chi connectivity index (χ4v) is 4.26. The number of aliphatic hydroxyl groups excluding tert-OH is 1. The van der Waals surface area contributed by atoms with Crippen LogP contribution in [0.15, 0.2) is 29.3 Å². The third kappa shape index (κ3) is 8.17. The maximum absolute atomic E-state index is 9.44. The van der Waals surface area contributed by atoms with Crippen LogP contribution in [-0.4, -0.2) is 82.0 Å². The SMILES string of the molecule is CCNC(=NCC(CC)(CC)CCO)NCCCN1CCN(c2ccc(OC)cc2)CC1. The van der Waals surface area contributed by atoms with E-state index < -0.39 is 0 Å². The average molecular weight is 448 g/mol. The highest BCUT2D eigenvalue weighted by Crippen LogP contribution is 2.30. The molecule has 0 bridgehead atoms. The van der Waals surface area contributed by atoms with Crippen LogP contribution in [-0.2, 0) is 0 Å². The average Bonchev–Trinajstić information content (AvgIpc) is 2.84. The smallest absolute Gasteiger partial charge is 0.191 e. The summed E-state index contributed by atoms with van der Waals surface area (Å²) in [6.45, 7) is 14.6. The van der Waals surface area contributed by atoms with E-state index in [9.17, 15) is 5.11 Å². The van der Waals surface area contributed by atoms with E-state index in [1.807, 2.05) is 12.1 Å². The Morgan fingerprint density at radius 3 is 2.31 bits per heavy atom. The Bertz CT molecular complexity index is 653. The van der Waals surface area contributed by atoms with Crippen LogP contribution in [0.3, 0.4) is 0 Å². The Hall–Kier alpha value is -1.99. The Labute approximate surface area is 195 Å². The van der Waals surface area contributed by atoms with E-state index in [0.29, 0.717) is 0 Å². The molecule has 0 amide bonds. The Morgan fingerprint density at radius 1 is 1.06 bits per heavy atom. The number of hydrogen-bond donors (Lipinski definition) is 3. The Kier molecular flexibility index (Phi) is 11.7. The molecule has 2 rings (SSSR count). The predicted molar refractivity (Wildman–Crippen MR) is 135 cm³/mol. The minimum absolute atomic E-state index is 0.0979. The second-order valence-electron chi connectivity index (χ2n) is 8.68. The van der Waals surface area contributed by atoms with E-state index in [1.54, 1.807) is 7.11 Å². The number of benzene rings is 1. The van der Waals surface area contributed by atoms with Crippen molar-refractivity contribution in [3.8, 4) is 5.75 Å². The summed E-state index contributed by atoms with van der Waals surface area (Å²) >= 11 is 0. The van der Waals surface area contributed by atoms with Crippen LogP contribution in [0, 0.1) is 5.41 Å². The summed E-state index contributed by atoms with van der Waals surface area (Å²) in [4.78, 5) is 9.84. The molecular weight excluding hydrogens is 402 g/mol. The Morgan fingerprint density at radius 2 is 1.75 bits per heavy atom. The van der Waals surface area contributed by atoms with E-state index in [2.05, 4.69) is 53.3 Å². The van der Waals surface area contributed by atoms with Crippen LogP contribution in [0.4, 0.5) is 5.69 Å². The molecule has 182 valence electrons. The number of ether oxygens (including phenoxy) is 1. The molecule has 32 heavy (non-hydrogen) atoms. The summed E-state index contributed by atoms with van der Waals surface area (Å²) in [6.07, 6.45) is 3.98. The zero-order valence-electron chi connectivity index (χ0n) is 20.7. The number of aliphatic hydroxyl groups is 1. The van der Waals surface area contributed by atoms with Crippen LogP contribution < -0.4 is 20.3 Å². The lowest BCUT2D eigenvalue weighted by molar-refractivity contribution is 0.175. The standard InChI is InChI=1S/C25H45N5O2/c1-5-25(6-2,13-20-31)21-28-24(26-7-3)27-14-8-15-29-16-18-30(19-17-29)22-9-11-23(32-4)12-10-22/h9-12,31H,5-8,13-21H2,1-4H3,(H2,26,27,28). The normalized spacial score (nSPS) is 15.7. The van der Waals surface area contributed by atoms with Gasteiger partial charge in [0.05, 0.1) is 7.11 Å². The summed E-state index contributed by atoms with van der Waals surface area (Å²) in [7, 11) is 1.71. The highest BCUT2D eigenvalue weighted by Gasteiger charge is 2.25. The maximum Gasteiger partial charge on any atom is 0.191 e. The van der Waals surface area contributed by atoms with Gasteiger partial charge in [-0.15, -0.1) is 0 Å². The van der Waals surface area contributed by atoms with Gasteiger partial charge in [0, 0.05) is 58.1 Å². The van der Waals surface area contributed by atoms with Gasteiger partial charge in [0.1, 0.15) is 5.75 Å². The number of piperazine rings is 1. The summed E-state index contributed by atoms with van der Waals surface area (Å²) in [5.74, 6) is 1.80. The zero-order chi connectivity index (χ0) is 23.2. The first-order chi connectivity index (χ1) is 15.6. The molecule has 1 saturated heterocycles. The topological polar surface area (TPSA) is 72.4 Å². The largest absolute Gasteiger partial charge is 0.497 e. The number of aliphatic imine (C=N–C) groups is 1. The molecular formula is C25H45N5O2. The van der Waals surface area contributed by atoms with Gasteiger partial charge in [0.25, 0.3) is 0 Å². The quantitative estimate of drug-likeness (QED) is 0.245. The molecule has 0 spiro atoms. The number of anilines is 1. The van der Waals surface area contributed by atoms with Gasteiger partial charge in [-0.05, 0) is 68.8 Å². The molecule has 1 fully saturated rings. The molecule has 3 N–H and O–H groups in total. The molecule has 0 aromatic heterocycles. The van der Waals surface area contributed by atoms with Gasteiger partial charge in [0.15, 0.2) is 5.96 Å². The molecule has 1 heterocycles. The van der Waals surface area contributed by atoms with Gasteiger partial charge in [-0.25, -0.2) is 0 Å². The van der Waals surface area contributed by atoms with Crippen molar-refractivity contribution in [2.24, 2.45) is 10.4 Å². The number of methoxy groups -OCH3 is 1. The van der Waals surface area contributed by atoms with E-state index in [-0.39, 0.29) is 12.0 Å². The van der Waals surface area contributed by atoms with Crippen molar-refractivity contribution in [3.63, 3.8) is 0 Å². The van der Waals surface area contributed by atoms with Crippen LogP contribution in [0.1, 0.15) is 46.5 Å². The molecule has 0 aliphatic carbocycles. The second-order valence-corrected chi connectivity index (χ2v) is 8.68. The molecule has 0 unspecified atom stereocenters. The molecule has 1 aliphatic heterocycles. The third-order valence-corrected chi connectivity index (χ3v) is 6.81. The first-order valence-corrected chi connectivity index (χ1v) is 12.3. The van der Waals surface area contributed by atoms with Gasteiger partial charge < -0.3 is 25.4 Å². The van der Waals surface area contributed by atoms with Crippen molar-refractivity contribution in [3.05, 3.63) is 24.3 Å². The van der Waals surface area contributed by atoms with Gasteiger partial charge in [-0.3, -0.25) is 9.89 Å². The summed E-state index contributed by atoms with van der Waals surface area (Å²) in [5.41, 5.74) is 1.37. The monoisotopic (exact) mass is 447 g/mol. The fraction of sp³-hybridized carbons (Fsp3) is 0.720. The predicted octanol–water partition coefficient (Wildman–Crippen LogP) is 2.95. The van der Waals surface area contributed by atoms with E-state index in [1.165, 1.54) is 5.69 Å². The van der Waals surface area contributed by atoms with Crippen LogP contribution in [0.5, 0.6) is 5.75 Å². The highest BCUT2D eigenvalue weighted by molar-refractivity contribution is 5.79. The first-order valence-electron chi connectivity index (χ1n) is 12.3. The van der Waals surface area contributed by atoms with Gasteiger partial charge >= 0.3 is 0 Å². The highest BCUT2D eigenvalue weighted by atomic mass is 16.5. The third-order valence-electron chi connectivity index (χ3n) is 6.81. The van der Waals surface area contributed by atoms with Gasteiger partial charge in [-0.2, -0.15) is 0 Å². The molecule has 1 aromatic carbocycles. The van der Waals surface area contributed by atoms with Crippen LogP contribution >= 0.6 is 0 Å². The number of nitrogens with zero attached hydrogens (tertiary/aromatic N) is 3. The fourth-order valence-electron chi connectivity index (χ4n) is 4.26. The van der Waals surface area contributed by atoms with E-state index in [0.717, 1.165) is 89.8 Å². The zero-order valence-corrected chi connectivity index (χ0v) is 20.7. The molecule has 7 nitrogen and oxygen atoms in total. The summed E-state index contributed by atoms with van der Waals surface area (Å²) in [6, 6.07) is 8.36. The molecule has 0 radical (unpaired) electrons. The number of guanidine groups is 1. The van der Waals surface area contributed by atoms with Crippen molar-refractivity contribution in [1.82, 2.24) is 15.5 Å². The minimum Gasteiger partial charge on any atom is -0.497 e. The summed E-state index contributed by atoms with van der Waals surface area (Å²) in [5, 5.41) is 16.3. The maximum atomic E-state index is 9.44. The van der Waals surface area contributed by atoms with Crippen LogP contribution in [0.2, 0.25) is 0 Å². The van der Waals surface area contributed by atoms with Gasteiger partial charge in [-0.1, -0.05) is 13.8 Å². The lowest BCUT2D eigenvalue weighted by atomic mass is 9.79. The van der Waals surface area contributed by atoms with Crippen molar-refractivity contribution in [2.75, 3.05) is 71.0 Å². The van der Waals surface area contributed by atoms with Gasteiger partial charge in [0.2, 0.25) is 0 Å².